The van der Waals surface area contributed by atoms with Gasteiger partial charge in [-0.2, -0.15) is 0 Å². The molecule has 0 fully saturated rings. The highest BCUT2D eigenvalue weighted by atomic mass is 35.5. The Morgan fingerprint density at radius 3 is 2.84 bits per heavy atom. The summed E-state index contributed by atoms with van der Waals surface area (Å²) in [5.41, 5.74) is 0.0502. The molecule has 0 aromatic heterocycles. The van der Waals surface area contributed by atoms with Gasteiger partial charge in [0.25, 0.3) is 0 Å². The van der Waals surface area contributed by atoms with Crippen LogP contribution in [-0.4, -0.2) is 50.2 Å². The molecule has 0 amide bonds. The van der Waals surface area contributed by atoms with E-state index in [-0.39, 0.29) is 13.0 Å². The average Bonchev–Trinajstić information content (AvgIpc) is 2.77. The first-order valence-electron chi connectivity index (χ1n) is 9.84. The molecule has 31 heavy (non-hydrogen) atoms. The standard InChI is InChI=1S/C24H27ClO6/c1-4-30-22(23(26)27)16-18-10-11-21(20(25)15-18)31-14-7-5-6-12-24(29-3)13-8-9-19(17-24)28-2/h5,7-11,13,15,22H,4,14,16-17H2,1-3H3,(H,26,27)/b7-5-/t22-,24?/m0/s1. The zero-order chi connectivity index (χ0) is 22.7. The van der Waals surface area contributed by atoms with E-state index in [1.54, 1.807) is 51.5 Å². The van der Waals surface area contributed by atoms with E-state index >= 15 is 0 Å². The Morgan fingerprint density at radius 2 is 2.19 bits per heavy atom. The minimum atomic E-state index is -1.00. The lowest BCUT2D eigenvalue weighted by atomic mass is 9.94. The second kappa shape index (κ2) is 12.2. The summed E-state index contributed by atoms with van der Waals surface area (Å²) < 4.78 is 21.7. The smallest absolute Gasteiger partial charge is 0.333 e. The molecule has 1 unspecified atom stereocenters. The van der Waals surface area contributed by atoms with E-state index < -0.39 is 17.7 Å². The molecular weight excluding hydrogens is 420 g/mol. The van der Waals surface area contributed by atoms with E-state index in [4.69, 9.17) is 30.5 Å². The number of carboxylic acids is 1. The molecule has 7 heteroatoms. The normalized spacial score (nSPS) is 18.8. The molecule has 1 aromatic rings. The lowest BCUT2D eigenvalue weighted by Gasteiger charge is -2.26. The molecule has 0 spiro atoms. The molecule has 2 rings (SSSR count). The molecule has 0 saturated carbocycles. The number of halogens is 1. The number of allylic oxidation sites excluding steroid dienone is 3. The molecule has 2 atom stereocenters. The number of hydrogen-bond donors (Lipinski definition) is 1. The van der Waals surface area contributed by atoms with Crippen molar-refractivity contribution in [2.45, 2.75) is 31.5 Å². The van der Waals surface area contributed by atoms with E-state index in [2.05, 4.69) is 11.8 Å². The maximum atomic E-state index is 11.2. The van der Waals surface area contributed by atoms with E-state index in [9.17, 15) is 9.90 Å². The van der Waals surface area contributed by atoms with E-state index in [0.29, 0.717) is 23.8 Å². The molecule has 0 heterocycles. The minimum absolute atomic E-state index is 0.230. The van der Waals surface area contributed by atoms with Gasteiger partial charge < -0.3 is 24.1 Å². The maximum absolute atomic E-state index is 11.2. The Bertz CT molecular complexity index is 908. The fraction of sp³-hybridized carbons (Fsp3) is 0.375. The number of methoxy groups -OCH3 is 2. The van der Waals surface area contributed by atoms with Gasteiger partial charge in [-0.05, 0) is 48.9 Å². The molecule has 1 N–H and O–H groups in total. The Balaban J connectivity index is 1.91. The highest BCUT2D eigenvalue weighted by Crippen LogP contribution is 2.27. The van der Waals surface area contributed by atoms with Gasteiger partial charge in [-0.25, -0.2) is 4.79 Å². The molecule has 1 aromatic carbocycles. The van der Waals surface area contributed by atoms with Crippen molar-refractivity contribution in [3.8, 4) is 17.6 Å². The average molecular weight is 447 g/mol. The number of rotatable bonds is 10. The van der Waals surface area contributed by atoms with Crippen LogP contribution in [0.25, 0.3) is 0 Å². The van der Waals surface area contributed by atoms with Crippen LogP contribution in [0, 0.1) is 11.8 Å². The zero-order valence-electron chi connectivity index (χ0n) is 17.9. The second-order valence-corrected chi connectivity index (χ2v) is 7.11. The molecule has 0 radical (unpaired) electrons. The number of benzene rings is 1. The van der Waals surface area contributed by atoms with Crippen LogP contribution < -0.4 is 4.74 Å². The quantitative estimate of drug-likeness (QED) is 0.543. The van der Waals surface area contributed by atoms with Gasteiger partial charge in [-0.15, -0.1) is 0 Å². The van der Waals surface area contributed by atoms with Crippen molar-refractivity contribution >= 4 is 17.6 Å². The van der Waals surface area contributed by atoms with Crippen LogP contribution in [0.1, 0.15) is 18.9 Å². The molecule has 0 saturated heterocycles. The first-order chi connectivity index (χ1) is 14.9. The van der Waals surface area contributed by atoms with Crippen LogP contribution in [0.2, 0.25) is 5.02 Å². The number of ether oxygens (including phenoxy) is 4. The monoisotopic (exact) mass is 446 g/mol. The van der Waals surface area contributed by atoms with E-state index in [0.717, 1.165) is 11.3 Å². The molecule has 1 aliphatic rings. The number of carbonyl (C=O) groups is 1. The van der Waals surface area contributed by atoms with E-state index in [1.165, 1.54) is 0 Å². The summed E-state index contributed by atoms with van der Waals surface area (Å²) in [6, 6.07) is 5.18. The fourth-order valence-electron chi connectivity index (χ4n) is 2.93. The number of hydrogen-bond acceptors (Lipinski definition) is 5. The van der Waals surface area contributed by atoms with Gasteiger partial charge in [-0.1, -0.05) is 35.6 Å². The third-order valence-electron chi connectivity index (χ3n) is 4.59. The number of aliphatic carboxylic acids is 1. The minimum Gasteiger partial charge on any atom is -0.501 e. The topological polar surface area (TPSA) is 74.2 Å². The molecule has 1 aliphatic carbocycles. The summed E-state index contributed by atoms with van der Waals surface area (Å²) in [5, 5.41) is 9.60. The predicted molar refractivity (Wildman–Crippen MR) is 119 cm³/mol. The van der Waals surface area contributed by atoms with Crippen molar-refractivity contribution in [2.24, 2.45) is 0 Å². The molecular formula is C24H27ClO6. The van der Waals surface area contributed by atoms with Crippen molar-refractivity contribution in [3.05, 3.63) is 64.9 Å². The van der Waals surface area contributed by atoms with Crippen LogP contribution in [0.4, 0.5) is 0 Å². The third-order valence-corrected chi connectivity index (χ3v) is 4.89. The van der Waals surface area contributed by atoms with Crippen molar-refractivity contribution in [2.75, 3.05) is 27.4 Å². The summed E-state index contributed by atoms with van der Waals surface area (Å²) in [5.74, 6) is 6.38. The zero-order valence-corrected chi connectivity index (χ0v) is 18.6. The van der Waals surface area contributed by atoms with Gasteiger partial charge in [0.05, 0.1) is 17.9 Å². The molecule has 166 valence electrons. The lowest BCUT2D eigenvalue weighted by molar-refractivity contribution is -0.149. The fourth-order valence-corrected chi connectivity index (χ4v) is 3.19. The first kappa shape index (κ1) is 24.5. The third kappa shape index (κ3) is 7.48. The van der Waals surface area contributed by atoms with E-state index in [1.807, 2.05) is 18.2 Å². The first-order valence-corrected chi connectivity index (χ1v) is 10.2. The Hall–Kier alpha value is -2.72. The number of carboxylic acid groups (broad SMARTS) is 1. The van der Waals surface area contributed by atoms with Crippen molar-refractivity contribution < 1.29 is 28.8 Å². The van der Waals surface area contributed by atoms with Gasteiger partial charge in [0.1, 0.15) is 12.4 Å². The summed E-state index contributed by atoms with van der Waals surface area (Å²) in [6.07, 6.45) is 8.99. The van der Waals surface area contributed by atoms with Gasteiger partial charge in [-0.3, -0.25) is 0 Å². The van der Waals surface area contributed by atoms with Gasteiger partial charge >= 0.3 is 5.97 Å². The summed E-state index contributed by atoms with van der Waals surface area (Å²) in [6.45, 7) is 2.36. The Labute approximate surface area is 188 Å². The second-order valence-electron chi connectivity index (χ2n) is 6.70. The van der Waals surface area contributed by atoms with Crippen LogP contribution in [0.3, 0.4) is 0 Å². The molecule has 0 aliphatic heterocycles. The molecule has 6 nitrogen and oxygen atoms in total. The Morgan fingerprint density at radius 1 is 1.39 bits per heavy atom. The van der Waals surface area contributed by atoms with Crippen LogP contribution in [0.15, 0.2) is 54.3 Å². The van der Waals surface area contributed by atoms with Gasteiger partial charge in [0.15, 0.2) is 11.7 Å². The van der Waals surface area contributed by atoms with Crippen molar-refractivity contribution in [1.82, 2.24) is 0 Å². The van der Waals surface area contributed by atoms with Crippen molar-refractivity contribution in [3.63, 3.8) is 0 Å². The molecule has 0 bridgehead atoms. The predicted octanol–water partition coefficient (Wildman–Crippen LogP) is 4.19. The largest absolute Gasteiger partial charge is 0.501 e. The highest BCUT2D eigenvalue weighted by molar-refractivity contribution is 6.32. The summed E-state index contributed by atoms with van der Waals surface area (Å²) >= 11 is 6.27. The maximum Gasteiger partial charge on any atom is 0.333 e. The lowest BCUT2D eigenvalue weighted by Crippen LogP contribution is -2.29. The Kier molecular flexibility index (Phi) is 9.67. The van der Waals surface area contributed by atoms with Gasteiger partial charge in [0, 0.05) is 26.6 Å². The summed E-state index contributed by atoms with van der Waals surface area (Å²) in [7, 11) is 3.24. The SMILES string of the molecule is CCO[C@@H](Cc1ccc(OC/C=C\C#CC2(OC)C=CC=C(OC)C2)c(Cl)c1)C(=O)O. The van der Waals surface area contributed by atoms with Crippen LogP contribution in [-0.2, 0) is 25.4 Å². The summed E-state index contributed by atoms with van der Waals surface area (Å²) in [4.78, 5) is 11.2. The van der Waals surface area contributed by atoms with Crippen molar-refractivity contribution in [1.29, 1.82) is 0 Å². The van der Waals surface area contributed by atoms with Gasteiger partial charge in [0.2, 0.25) is 0 Å². The highest BCUT2D eigenvalue weighted by Gasteiger charge is 2.28. The van der Waals surface area contributed by atoms with Crippen LogP contribution in [0.5, 0.6) is 5.75 Å². The van der Waals surface area contributed by atoms with Crippen LogP contribution >= 0.6 is 11.6 Å².